The Balaban J connectivity index is 2.61. The number of aliphatic imine (C=N–C) groups is 1. The van der Waals surface area contributed by atoms with Crippen LogP contribution in [0.25, 0.3) is 5.57 Å². The standard InChI is InChI=1S/C31H47N3/c1-11-15-25(16-12-2)20-34-31(32-14-4)29(22(7)8)30(33-34)24(10)23(9)28-18-17-27(21(5)6)19-26(28)13-3/h14,17-19,21,25H,4,11-13,15-16,20H2,1-3,5-10H3/b24-23+,32-31?. The van der Waals surface area contributed by atoms with Crippen LogP contribution in [0.3, 0.4) is 0 Å². The number of hydrazone groups is 1. The Morgan fingerprint density at radius 3 is 2.18 bits per heavy atom. The highest BCUT2D eigenvalue weighted by molar-refractivity contribution is 6.34. The Kier molecular flexibility index (Phi) is 10.5. The lowest BCUT2D eigenvalue weighted by Gasteiger charge is -2.22. The molecule has 1 aromatic carbocycles. The van der Waals surface area contributed by atoms with Crippen LogP contribution in [0, 0.1) is 5.92 Å². The lowest BCUT2D eigenvalue weighted by molar-refractivity contribution is 0.321. The van der Waals surface area contributed by atoms with E-state index >= 15 is 0 Å². The van der Waals surface area contributed by atoms with Crippen LogP contribution in [0.15, 0.2) is 57.8 Å². The molecule has 0 radical (unpaired) electrons. The van der Waals surface area contributed by atoms with Gasteiger partial charge < -0.3 is 0 Å². The third kappa shape index (κ3) is 6.37. The summed E-state index contributed by atoms with van der Waals surface area (Å²) in [5.41, 5.74) is 10.1. The summed E-state index contributed by atoms with van der Waals surface area (Å²) in [5, 5.41) is 7.35. The van der Waals surface area contributed by atoms with E-state index in [0.717, 1.165) is 30.1 Å². The molecule has 0 fully saturated rings. The Morgan fingerprint density at radius 1 is 1.03 bits per heavy atom. The third-order valence-corrected chi connectivity index (χ3v) is 6.96. The maximum absolute atomic E-state index is 5.20. The lowest BCUT2D eigenvalue weighted by Crippen LogP contribution is -2.29. The summed E-state index contributed by atoms with van der Waals surface area (Å²) < 4.78 is 0. The van der Waals surface area contributed by atoms with Crippen molar-refractivity contribution < 1.29 is 0 Å². The first-order valence-corrected chi connectivity index (χ1v) is 13.2. The van der Waals surface area contributed by atoms with Gasteiger partial charge in [0.05, 0.1) is 5.71 Å². The molecule has 0 atom stereocenters. The zero-order chi connectivity index (χ0) is 25.4. The summed E-state index contributed by atoms with van der Waals surface area (Å²) in [6.07, 6.45) is 7.51. The van der Waals surface area contributed by atoms with E-state index in [0.29, 0.717) is 11.8 Å². The number of hydrogen-bond donors (Lipinski definition) is 0. The molecular weight excluding hydrogens is 414 g/mol. The number of allylic oxidation sites excluding steroid dienone is 3. The van der Waals surface area contributed by atoms with E-state index in [2.05, 4.69) is 92.1 Å². The molecule has 0 spiro atoms. The summed E-state index contributed by atoms with van der Waals surface area (Å²) in [6.45, 7) is 24.9. The van der Waals surface area contributed by atoms with Crippen molar-refractivity contribution in [2.75, 3.05) is 6.54 Å². The van der Waals surface area contributed by atoms with Gasteiger partial charge in [-0.2, -0.15) is 5.10 Å². The predicted molar refractivity (Wildman–Crippen MR) is 152 cm³/mol. The molecule has 0 aromatic heterocycles. The average Bonchev–Trinajstić information content (AvgIpc) is 3.16. The van der Waals surface area contributed by atoms with Gasteiger partial charge >= 0.3 is 0 Å². The second kappa shape index (κ2) is 12.9. The Morgan fingerprint density at radius 2 is 1.68 bits per heavy atom. The molecule has 1 aromatic rings. The fraction of sp³-hybridized carbons (Fsp3) is 0.548. The van der Waals surface area contributed by atoms with Gasteiger partial charge in [-0.3, -0.25) is 0 Å². The van der Waals surface area contributed by atoms with Gasteiger partial charge in [0.25, 0.3) is 0 Å². The molecule has 186 valence electrons. The third-order valence-electron chi connectivity index (χ3n) is 6.96. The minimum Gasteiger partial charge on any atom is -0.246 e. The first-order chi connectivity index (χ1) is 16.2. The maximum Gasteiger partial charge on any atom is 0.158 e. The number of nitrogens with zero attached hydrogens (tertiary/aromatic N) is 3. The highest BCUT2D eigenvalue weighted by Crippen LogP contribution is 2.32. The molecule has 0 amide bonds. The lowest BCUT2D eigenvalue weighted by atomic mass is 9.88. The summed E-state index contributed by atoms with van der Waals surface area (Å²) in [6, 6.07) is 6.97. The molecule has 0 unspecified atom stereocenters. The van der Waals surface area contributed by atoms with Crippen molar-refractivity contribution in [1.82, 2.24) is 5.01 Å². The molecule has 0 bridgehead atoms. The molecule has 0 saturated heterocycles. The Hall–Kier alpha value is -2.42. The molecule has 2 rings (SSSR count). The van der Waals surface area contributed by atoms with Crippen molar-refractivity contribution >= 4 is 17.1 Å². The van der Waals surface area contributed by atoms with Crippen molar-refractivity contribution in [2.45, 2.75) is 100 Å². The molecular formula is C31H47N3. The SMILES string of the molecule is C=CN=C1C(=C(C)C)C(/C(C)=C(\C)c2ccc(C(C)C)cc2CC)=NN1CC(CCC)CCC. The van der Waals surface area contributed by atoms with E-state index in [1.807, 2.05) is 0 Å². The van der Waals surface area contributed by atoms with Crippen molar-refractivity contribution in [3.63, 3.8) is 0 Å². The van der Waals surface area contributed by atoms with Crippen molar-refractivity contribution in [3.8, 4) is 0 Å². The molecule has 1 heterocycles. The van der Waals surface area contributed by atoms with Crippen LogP contribution in [0.1, 0.15) is 111 Å². The van der Waals surface area contributed by atoms with Gasteiger partial charge in [-0.05, 0) is 86.6 Å². The first-order valence-electron chi connectivity index (χ1n) is 13.2. The van der Waals surface area contributed by atoms with Gasteiger partial charge in [-0.1, -0.05) is 77.8 Å². The van der Waals surface area contributed by atoms with Gasteiger partial charge in [0, 0.05) is 18.3 Å². The molecule has 0 N–H and O–H groups in total. The van der Waals surface area contributed by atoms with Crippen LogP contribution >= 0.6 is 0 Å². The zero-order valence-electron chi connectivity index (χ0n) is 23.3. The normalized spacial score (nSPS) is 16.0. The van der Waals surface area contributed by atoms with Crippen LogP contribution in [-0.2, 0) is 6.42 Å². The van der Waals surface area contributed by atoms with Gasteiger partial charge in [-0.15, -0.1) is 0 Å². The monoisotopic (exact) mass is 461 g/mol. The minimum absolute atomic E-state index is 0.534. The zero-order valence-corrected chi connectivity index (χ0v) is 23.3. The van der Waals surface area contributed by atoms with E-state index in [1.54, 1.807) is 6.20 Å². The number of amidine groups is 1. The quantitative estimate of drug-likeness (QED) is 0.323. The Labute approximate surface area is 209 Å². The van der Waals surface area contributed by atoms with Crippen LogP contribution in [0.2, 0.25) is 0 Å². The fourth-order valence-electron chi connectivity index (χ4n) is 4.92. The smallest absolute Gasteiger partial charge is 0.158 e. The summed E-state index contributed by atoms with van der Waals surface area (Å²) in [5.74, 6) is 2.10. The molecule has 3 nitrogen and oxygen atoms in total. The minimum atomic E-state index is 0.534. The summed E-state index contributed by atoms with van der Waals surface area (Å²) in [7, 11) is 0. The number of benzene rings is 1. The molecule has 0 saturated carbocycles. The van der Waals surface area contributed by atoms with Gasteiger partial charge in [0.1, 0.15) is 0 Å². The molecule has 1 aliphatic rings. The van der Waals surface area contributed by atoms with Gasteiger partial charge in [0.2, 0.25) is 0 Å². The molecule has 0 aliphatic carbocycles. The van der Waals surface area contributed by atoms with Crippen molar-refractivity contribution in [3.05, 3.63) is 64.4 Å². The van der Waals surface area contributed by atoms with E-state index in [1.165, 1.54) is 59.1 Å². The summed E-state index contributed by atoms with van der Waals surface area (Å²) in [4.78, 5) is 4.72. The average molecular weight is 462 g/mol. The first kappa shape index (κ1) is 27.8. The van der Waals surface area contributed by atoms with E-state index in [4.69, 9.17) is 10.1 Å². The highest BCUT2D eigenvalue weighted by Gasteiger charge is 2.31. The van der Waals surface area contributed by atoms with Crippen LogP contribution in [0.4, 0.5) is 0 Å². The van der Waals surface area contributed by atoms with Crippen molar-refractivity contribution in [2.24, 2.45) is 16.0 Å². The predicted octanol–water partition coefficient (Wildman–Crippen LogP) is 8.93. The fourth-order valence-corrected chi connectivity index (χ4v) is 4.92. The van der Waals surface area contributed by atoms with E-state index in [9.17, 15) is 0 Å². The van der Waals surface area contributed by atoms with Gasteiger partial charge in [-0.25, -0.2) is 10.0 Å². The van der Waals surface area contributed by atoms with Crippen LogP contribution in [-0.4, -0.2) is 23.1 Å². The Bertz CT molecular complexity index is 978. The van der Waals surface area contributed by atoms with Crippen LogP contribution < -0.4 is 0 Å². The van der Waals surface area contributed by atoms with Gasteiger partial charge in [0.15, 0.2) is 5.84 Å². The van der Waals surface area contributed by atoms with E-state index in [-0.39, 0.29) is 0 Å². The highest BCUT2D eigenvalue weighted by atomic mass is 15.5. The summed E-state index contributed by atoms with van der Waals surface area (Å²) >= 11 is 0. The number of rotatable bonds is 11. The van der Waals surface area contributed by atoms with E-state index < -0.39 is 0 Å². The largest absolute Gasteiger partial charge is 0.246 e. The second-order valence-electron chi connectivity index (χ2n) is 10.2. The molecule has 3 heteroatoms. The van der Waals surface area contributed by atoms with Crippen molar-refractivity contribution in [1.29, 1.82) is 0 Å². The van der Waals surface area contributed by atoms with Crippen LogP contribution in [0.5, 0.6) is 0 Å². The maximum atomic E-state index is 5.20. The molecule has 34 heavy (non-hydrogen) atoms. The molecule has 1 aliphatic heterocycles. The number of hydrogen-bond acceptors (Lipinski definition) is 2. The number of aryl methyl sites for hydroxylation is 1. The topological polar surface area (TPSA) is 28.0 Å². The second-order valence-corrected chi connectivity index (χ2v) is 10.2.